The summed E-state index contributed by atoms with van der Waals surface area (Å²) in [6.45, 7) is 1.14. The van der Waals surface area contributed by atoms with Crippen molar-refractivity contribution in [1.82, 2.24) is 10.2 Å². The molecule has 0 spiro atoms. The lowest BCUT2D eigenvalue weighted by Gasteiger charge is -2.35. The van der Waals surface area contributed by atoms with E-state index in [1.165, 1.54) is 17.0 Å². The van der Waals surface area contributed by atoms with Crippen LogP contribution < -0.4 is 9.62 Å². The predicted octanol–water partition coefficient (Wildman–Crippen LogP) is 5.64. The molecule has 3 aromatic rings. The van der Waals surface area contributed by atoms with Crippen molar-refractivity contribution < 1.29 is 22.4 Å². The minimum atomic E-state index is -3.91. The van der Waals surface area contributed by atoms with Gasteiger partial charge in [0.15, 0.2) is 0 Å². The molecule has 4 rings (SSSR count). The lowest BCUT2D eigenvalue weighted by molar-refractivity contribution is -0.140. The van der Waals surface area contributed by atoms with E-state index < -0.39 is 34.3 Å². The molecule has 1 fully saturated rings. The molecule has 2 amide bonds. The summed E-state index contributed by atoms with van der Waals surface area (Å²) >= 11 is 6.30. The van der Waals surface area contributed by atoms with Crippen LogP contribution >= 0.6 is 11.6 Å². The number of sulfonamides is 1. The number of nitrogens with one attached hydrogen (secondary N) is 1. The molecule has 224 valence electrons. The molecule has 1 saturated carbocycles. The Balaban J connectivity index is 1.73. The highest BCUT2D eigenvalue weighted by molar-refractivity contribution is 7.92. The molecule has 1 aliphatic rings. The molecule has 1 unspecified atom stereocenters. The van der Waals surface area contributed by atoms with Crippen LogP contribution in [0.2, 0.25) is 5.02 Å². The van der Waals surface area contributed by atoms with Crippen molar-refractivity contribution in [2.75, 3.05) is 17.1 Å². The lowest BCUT2D eigenvalue weighted by Crippen LogP contribution is -2.55. The first-order chi connectivity index (χ1) is 20.0. The Kier molecular flexibility index (Phi) is 10.6. The summed E-state index contributed by atoms with van der Waals surface area (Å²) in [5, 5.41) is 3.53. The third kappa shape index (κ3) is 8.32. The van der Waals surface area contributed by atoms with E-state index in [2.05, 4.69) is 5.32 Å². The van der Waals surface area contributed by atoms with E-state index in [-0.39, 0.29) is 30.6 Å². The molecule has 10 heteroatoms. The number of carbonyl (C=O) groups excluding carboxylic acids is 2. The van der Waals surface area contributed by atoms with Gasteiger partial charge in [-0.2, -0.15) is 0 Å². The average molecular weight is 614 g/mol. The van der Waals surface area contributed by atoms with Crippen LogP contribution in [0.4, 0.5) is 10.1 Å². The second-order valence-corrected chi connectivity index (χ2v) is 13.2. The third-order valence-electron chi connectivity index (χ3n) is 7.68. The van der Waals surface area contributed by atoms with Gasteiger partial charge in [0.2, 0.25) is 21.8 Å². The number of carbonyl (C=O) groups is 2. The zero-order valence-electron chi connectivity index (χ0n) is 23.9. The summed E-state index contributed by atoms with van der Waals surface area (Å²) in [5.41, 5.74) is 2.26. The highest BCUT2D eigenvalue weighted by atomic mass is 35.5. The maximum absolute atomic E-state index is 14.2. The number of amides is 2. The van der Waals surface area contributed by atoms with Crippen LogP contribution in [0.3, 0.4) is 0 Å². The number of hydrogen-bond acceptors (Lipinski definition) is 4. The van der Waals surface area contributed by atoms with Gasteiger partial charge in [0.05, 0.1) is 11.9 Å². The number of halogens is 2. The maximum atomic E-state index is 14.2. The number of rotatable bonds is 11. The average Bonchev–Trinajstić information content (AvgIpc) is 2.96. The van der Waals surface area contributed by atoms with Gasteiger partial charge in [-0.25, -0.2) is 12.8 Å². The molecule has 0 saturated heterocycles. The minimum absolute atomic E-state index is 0.00826. The monoisotopic (exact) mass is 613 g/mol. The van der Waals surface area contributed by atoms with Crippen LogP contribution in [0.15, 0.2) is 72.8 Å². The summed E-state index contributed by atoms with van der Waals surface area (Å²) < 4.78 is 40.8. The molecule has 1 aliphatic carbocycles. The first-order valence-electron chi connectivity index (χ1n) is 14.1. The van der Waals surface area contributed by atoms with Gasteiger partial charge in [0, 0.05) is 24.0 Å². The molecule has 0 bridgehead atoms. The van der Waals surface area contributed by atoms with Gasteiger partial charge in [-0.3, -0.25) is 13.9 Å². The highest BCUT2D eigenvalue weighted by Gasteiger charge is 2.34. The number of anilines is 1. The first kappa shape index (κ1) is 31.5. The van der Waals surface area contributed by atoms with Crippen LogP contribution in [-0.2, 0) is 32.6 Å². The van der Waals surface area contributed by atoms with Crippen molar-refractivity contribution in [3.8, 4) is 0 Å². The summed E-state index contributed by atoms with van der Waals surface area (Å²) in [4.78, 5) is 29.6. The van der Waals surface area contributed by atoms with Crippen molar-refractivity contribution in [2.45, 2.75) is 64.1 Å². The number of benzene rings is 3. The molecule has 0 aromatic heterocycles. The van der Waals surface area contributed by atoms with Crippen LogP contribution in [0, 0.1) is 12.7 Å². The normalized spacial score (nSPS) is 14.7. The third-order valence-corrected chi connectivity index (χ3v) is 9.21. The smallest absolute Gasteiger partial charge is 0.244 e. The molecule has 42 heavy (non-hydrogen) atoms. The number of nitrogens with zero attached hydrogens (tertiary/aromatic N) is 2. The second kappa shape index (κ2) is 14.2. The van der Waals surface area contributed by atoms with Gasteiger partial charge in [-0.05, 0) is 60.7 Å². The van der Waals surface area contributed by atoms with Crippen molar-refractivity contribution in [3.63, 3.8) is 0 Å². The zero-order chi connectivity index (χ0) is 30.3. The van der Waals surface area contributed by atoms with E-state index in [0.717, 1.165) is 48.2 Å². The summed E-state index contributed by atoms with van der Waals surface area (Å²) in [7, 11) is -3.91. The Labute approximate surface area is 252 Å². The molecule has 0 radical (unpaired) electrons. The maximum Gasteiger partial charge on any atom is 0.244 e. The van der Waals surface area contributed by atoms with Gasteiger partial charge >= 0.3 is 0 Å². The lowest BCUT2D eigenvalue weighted by atomic mass is 9.94. The molecule has 1 N–H and O–H groups in total. The van der Waals surface area contributed by atoms with E-state index in [0.29, 0.717) is 16.1 Å². The van der Waals surface area contributed by atoms with Crippen LogP contribution in [0.1, 0.15) is 48.8 Å². The standard InChI is InChI=1S/C32H37ClFN3O4S/c1-23-28(33)14-9-15-29(23)37(42(2,40)41)22-31(38)36(21-25-16-18-26(34)19-17-25)30(20-24-10-5-3-6-11-24)32(39)35-27-12-7-4-8-13-27/h3,5-6,9-11,14-19,27,30H,4,7-8,12-13,20-22H2,1-2H3,(H,35,39). The summed E-state index contributed by atoms with van der Waals surface area (Å²) in [5.74, 6) is -1.29. The number of hydrogen-bond donors (Lipinski definition) is 1. The SMILES string of the molecule is Cc1c(Cl)cccc1N(CC(=O)N(Cc1ccc(F)cc1)C(Cc1ccccc1)C(=O)NC1CCCCC1)S(C)(=O)=O. The second-order valence-electron chi connectivity index (χ2n) is 10.9. The Morgan fingerprint density at radius 2 is 1.62 bits per heavy atom. The summed E-state index contributed by atoms with van der Waals surface area (Å²) in [6, 6.07) is 19.0. The molecule has 0 heterocycles. The van der Waals surface area contributed by atoms with Crippen molar-refractivity contribution in [2.24, 2.45) is 0 Å². The Bertz CT molecular complexity index is 1480. The van der Waals surface area contributed by atoms with E-state index in [4.69, 9.17) is 11.6 Å². The Morgan fingerprint density at radius 3 is 2.26 bits per heavy atom. The van der Waals surface area contributed by atoms with Crippen LogP contribution in [0.5, 0.6) is 0 Å². The minimum Gasteiger partial charge on any atom is -0.352 e. The highest BCUT2D eigenvalue weighted by Crippen LogP contribution is 2.29. The van der Waals surface area contributed by atoms with Crippen molar-refractivity contribution in [1.29, 1.82) is 0 Å². The van der Waals surface area contributed by atoms with Crippen molar-refractivity contribution in [3.05, 3.63) is 100 Å². The molecular weight excluding hydrogens is 577 g/mol. The Hall–Kier alpha value is -3.43. The fraction of sp³-hybridized carbons (Fsp3) is 0.375. The largest absolute Gasteiger partial charge is 0.352 e. The Morgan fingerprint density at radius 1 is 0.952 bits per heavy atom. The fourth-order valence-corrected chi connectivity index (χ4v) is 6.42. The molecule has 7 nitrogen and oxygen atoms in total. The zero-order valence-corrected chi connectivity index (χ0v) is 25.5. The van der Waals surface area contributed by atoms with E-state index in [1.54, 1.807) is 37.3 Å². The molecule has 1 atom stereocenters. The topological polar surface area (TPSA) is 86.8 Å². The van der Waals surface area contributed by atoms with Gasteiger partial charge in [0.1, 0.15) is 18.4 Å². The fourth-order valence-electron chi connectivity index (χ4n) is 5.35. The molecular formula is C32H37ClFN3O4S. The van der Waals surface area contributed by atoms with Crippen LogP contribution in [-0.4, -0.2) is 50.0 Å². The van der Waals surface area contributed by atoms with Crippen LogP contribution in [0.25, 0.3) is 0 Å². The van der Waals surface area contributed by atoms with Gasteiger partial charge < -0.3 is 10.2 Å². The predicted molar refractivity (Wildman–Crippen MR) is 164 cm³/mol. The molecule has 0 aliphatic heterocycles. The quantitative estimate of drug-likeness (QED) is 0.303. The van der Waals surface area contributed by atoms with E-state index >= 15 is 0 Å². The van der Waals surface area contributed by atoms with Gasteiger partial charge in [0.25, 0.3) is 0 Å². The van der Waals surface area contributed by atoms with Gasteiger partial charge in [-0.1, -0.05) is 79.4 Å². The van der Waals surface area contributed by atoms with E-state index in [1.807, 2.05) is 30.3 Å². The summed E-state index contributed by atoms with van der Waals surface area (Å²) in [6.07, 6.45) is 6.16. The van der Waals surface area contributed by atoms with E-state index in [9.17, 15) is 22.4 Å². The molecule has 3 aromatic carbocycles. The van der Waals surface area contributed by atoms with Gasteiger partial charge in [-0.15, -0.1) is 0 Å². The first-order valence-corrected chi connectivity index (χ1v) is 16.4. The van der Waals surface area contributed by atoms with Crippen molar-refractivity contribution >= 4 is 39.1 Å².